The molecule has 0 bridgehead atoms. The molecule has 0 amide bonds. The van der Waals surface area contributed by atoms with Gasteiger partial charge in [0, 0.05) is 18.1 Å². The van der Waals surface area contributed by atoms with Gasteiger partial charge in [0.05, 0.1) is 7.11 Å². The van der Waals surface area contributed by atoms with Crippen LogP contribution in [0.1, 0.15) is 19.8 Å². The van der Waals surface area contributed by atoms with E-state index in [4.69, 9.17) is 25.8 Å². The number of rotatable bonds is 7. The molecule has 2 unspecified atom stereocenters. The van der Waals surface area contributed by atoms with Crippen LogP contribution >= 0.6 is 11.6 Å². The zero-order valence-corrected chi connectivity index (χ0v) is 16.4. The van der Waals surface area contributed by atoms with E-state index in [0.29, 0.717) is 16.5 Å². The molecule has 2 atom stereocenters. The van der Waals surface area contributed by atoms with E-state index in [9.17, 15) is 5.11 Å². The average molecular weight is 392 g/mol. The number of aliphatic hydroxyl groups is 1. The van der Waals surface area contributed by atoms with E-state index in [1.165, 1.54) is 0 Å². The topological polar surface area (TPSA) is 51.2 Å². The highest BCUT2D eigenvalue weighted by molar-refractivity contribution is 6.30. The minimum Gasteiger partial charge on any atom is -0.493 e. The summed E-state index contributed by atoms with van der Waals surface area (Å²) in [5, 5.41) is 11.0. The van der Waals surface area contributed by atoms with E-state index in [1.54, 1.807) is 14.0 Å². The van der Waals surface area contributed by atoms with E-state index in [2.05, 4.69) is 4.90 Å². The van der Waals surface area contributed by atoms with Gasteiger partial charge in [-0.15, -0.1) is 0 Å². The first-order valence-corrected chi connectivity index (χ1v) is 9.58. The van der Waals surface area contributed by atoms with Gasteiger partial charge >= 0.3 is 0 Å². The molecule has 0 aliphatic carbocycles. The Kier molecular flexibility index (Phi) is 6.83. The lowest BCUT2D eigenvalue weighted by molar-refractivity contribution is -0.0764. The number of halogens is 1. The standard InChI is InChI=1S/C21H26ClNO4/c1-15(24)21(27-20-6-4-3-5-19(20)25-2)23-13-11-18(12-14-23)26-17-9-7-16(22)8-10-17/h3-10,15,18,21,24H,11-14H2,1-2H3. The third-order valence-corrected chi connectivity index (χ3v) is 4.93. The van der Waals surface area contributed by atoms with Crippen molar-refractivity contribution in [3.63, 3.8) is 0 Å². The molecule has 2 aromatic carbocycles. The molecule has 5 nitrogen and oxygen atoms in total. The molecule has 1 N–H and O–H groups in total. The first-order chi connectivity index (χ1) is 13.1. The predicted octanol–water partition coefficient (Wildman–Crippen LogP) is 3.98. The maximum Gasteiger partial charge on any atom is 0.178 e. The molecule has 1 saturated heterocycles. The van der Waals surface area contributed by atoms with Gasteiger partial charge in [0.1, 0.15) is 18.0 Å². The summed E-state index contributed by atoms with van der Waals surface area (Å²) in [6, 6.07) is 14.9. The Balaban J connectivity index is 1.59. The number of piperidine rings is 1. The Hall–Kier alpha value is -1.95. The summed E-state index contributed by atoms with van der Waals surface area (Å²) >= 11 is 5.92. The minimum atomic E-state index is -0.636. The van der Waals surface area contributed by atoms with Crippen molar-refractivity contribution in [3.8, 4) is 17.2 Å². The Bertz CT molecular complexity index is 714. The fraction of sp³-hybridized carbons (Fsp3) is 0.429. The maximum absolute atomic E-state index is 10.3. The highest BCUT2D eigenvalue weighted by atomic mass is 35.5. The number of nitrogens with zero attached hydrogens (tertiary/aromatic N) is 1. The Morgan fingerprint density at radius 1 is 1.04 bits per heavy atom. The second-order valence-corrected chi connectivity index (χ2v) is 7.14. The van der Waals surface area contributed by atoms with Crippen molar-refractivity contribution < 1.29 is 19.3 Å². The summed E-state index contributed by atoms with van der Waals surface area (Å²) in [7, 11) is 1.61. The molecule has 0 radical (unpaired) electrons. The number of likely N-dealkylation sites (tertiary alicyclic amines) is 1. The Morgan fingerprint density at radius 3 is 2.26 bits per heavy atom. The molecule has 1 heterocycles. The van der Waals surface area contributed by atoms with Crippen molar-refractivity contribution in [1.82, 2.24) is 4.90 Å². The Labute approximate surface area is 165 Å². The number of para-hydroxylation sites is 2. The third-order valence-electron chi connectivity index (χ3n) is 4.68. The fourth-order valence-electron chi connectivity index (χ4n) is 3.28. The number of hydrogen-bond acceptors (Lipinski definition) is 5. The molecule has 1 aliphatic rings. The van der Waals surface area contributed by atoms with Gasteiger partial charge in [-0.25, -0.2) is 0 Å². The smallest absolute Gasteiger partial charge is 0.178 e. The third kappa shape index (κ3) is 5.28. The monoisotopic (exact) mass is 391 g/mol. The van der Waals surface area contributed by atoms with E-state index < -0.39 is 12.3 Å². The minimum absolute atomic E-state index is 0.142. The first kappa shape index (κ1) is 19.8. The lowest BCUT2D eigenvalue weighted by atomic mass is 10.1. The van der Waals surface area contributed by atoms with Gasteiger partial charge in [0.15, 0.2) is 17.7 Å². The van der Waals surface area contributed by atoms with E-state index in [0.717, 1.165) is 31.7 Å². The van der Waals surface area contributed by atoms with E-state index in [-0.39, 0.29) is 6.10 Å². The van der Waals surface area contributed by atoms with E-state index >= 15 is 0 Å². The maximum atomic E-state index is 10.3. The van der Waals surface area contributed by atoms with Crippen LogP contribution < -0.4 is 14.2 Å². The van der Waals surface area contributed by atoms with Gasteiger partial charge in [-0.3, -0.25) is 4.90 Å². The SMILES string of the molecule is COc1ccccc1OC(C(C)O)N1CCC(Oc2ccc(Cl)cc2)CC1. The van der Waals surface area contributed by atoms with Gasteiger partial charge in [-0.2, -0.15) is 0 Å². The normalized spacial score (nSPS) is 17.9. The van der Waals surface area contributed by atoms with Gasteiger partial charge in [0.25, 0.3) is 0 Å². The summed E-state index contributed by atoms with van der Waals surface area (Å²) in [5.41, 5.74) is 0. The van der Waals surface area contributed by atoms with Crippen LogP contribution in [0.3, 0.4) is 0 Å². The van der Waals surface area contributed by atoms with Crippen LogP contribution in [0.15, 0.2) is 48.5 Å². The number of ether oxygens (including phenoxy) is 3. The zero-order valence-electron chi connectivity index (χ0n) is 15.7. The summed E-state index contributed by atoms with van der Waals surface area (Å²) in [5.74, 6) is 2.12. The molecule has 6 heteroatoms. The summed E-state index contributed by atoms with van der Waals surface area (Å²) in [6.07, 6.45) is 0.798. The molecule has 1 fully saturated rings. The quantitative estimate of drug-likeness (QED) is 0.773. The van der Waals surface area contributed by atoms with Crippen molar-refractivity contribution in [2.24, 2.45) is 0 Å². The summed E-state index contributed by atoms with van der Waals surface area (Å²) in [6.45, 7) is 3.31. The summed E-state index contributed by atoms with van der Waals surface area (Å²) < 4.78 is 17.5. The van der Waals surface area contributed by atoms with Crippen molar-refractivity contribution in [2.45, 2.75) is 38.2 Å². The van der Waals surface area contributed by atoms with Crippen molar-refractivity contribution in [2.75, 3.05) is 20.2 Å². The molecular formula is C21H26ClNO4. The van der Waals surface area contributed by atoms with Gasteiger partial charge < -0.3 is 19.3 Å². The molecule has 27 heavy (non-hydrogen) atoms. The molecule has 2 aromatic rings. The first-order valence-electron chi connectivity index (χ1n) is 9.21. The number of benzene rings is 2. The number of hydrogen-bond donors (Lipinski definition) is 1. The molecule has 1 aliphatic heterocycles. The van der Waals surface area contributed by atoms with Gasteiger partial charge in [0.2, 0.25) is 0 Å². The summed E-state index contributed by atoms with van der Waals surface area (Å²) in [4.78, 5) is 2.15. The van der Waals surface area contributed by atoms with Crippen molar-refractivity contribution in [1.29, 1.82) is 0 Å². The Morgan fingerprint density at radius 2 is 1.67 bits per heavy atom. The van der Waals surface area contributed by atoms with E-state index in [1.807, 2.05) is 48.5 Å². The highest BCUT2D eigenvalue weighted by Gasteiger charge is 2.30. The highest BCUT2D eigenvalue weighted by Crippen LogP contribution is 2.29. The number of aliphatic hydroxyl groups excluding tert-OH is 1. The second-order valence-electron chi connectivity index (χ2n) is 6.71. The van der Waals surface area contributed by atoms with Crippen LogP contribution in [-0.4, -0.2) is 48.6 Å². The second kappa shape index (κ2) is 9.31. The average Bonchev–Trinajstić information content (AvgIpc) is 2.69. The number of methoxy groups -OCH3 is 1. The van der Waals surface area contributed by atoms with Crippen LogP contribution in [0.5, 0.6) is 17.2 Å². The van der Waals surface area contributed by atoms with Crippen LogP contribution in [0, 0.1) is 0 Å². The molecule has 3 rings (SSSR count). The molecular weight excluding hydrogens is 366 g/mol. The zero-order chi connectivity index (χ0) is 19.2. The predicted molar refractivity (Wildman–Crippen MR) is 106 cm³/mol. The molecule has 0 spiro atoms. The van der Waals surface area contributed by atoms with Crippen LogP contribution in [0.2, 0.25) is 5.02 Å². The van der Waals surface area contributed by atoms with Crippen LogP contribution in [0.4, 0.5) is 0 Å². The lowest BCUT2D eigenvalue weighted by Gasteiger charge is -2.38. The lowest BCUT2D eigenvalue weighted by Crippen LogP contribution is -2.51. The van der Waals surface area contributed by atoms with Crippen molar-refractivity contribution in [3.05, 3.63) is 53.6 Å². The van der Waals surface area contributed by atoms with Crippen LogP contribution in [-0.2, 0) is 0 Å². The van der Waals surface area contributed by atoms with Crippen LogP contribution in [0.25, 0.3) is 0 Å². The molecule has 0 saturated carbocycles. The van der Waals surface area contributed by atoms with Crippen molar-refractivity contribution >= 4 is 11.6 Å². The molecule has 146 valence electrons. The van der Waals surface area contributed by atoms with Gasteiger partial charge in [-0.05, 0) is 56.2 Å². The fourth-order valence-corrected chi connectivity index (χ4v) is 3.40. The van der Waals surface area contributed by atoms with Gasteiger partial charge in [-0.1, -0.05) is 23.7 Å². The molecule has 0 aromatic heterocycles. The largest absolute Gasteiger partial charge is 0.493 e.